The van der Waals surface area contributed by atoms with Crippen LogP contribution in [-0.2, 0) is 14.3 Å². The van der Waals surface area contributed by atoms with E-state index in [1.165, 1.54) is 0 Å². The molecule has 0 aromatic rings. The molecule has 0 aliphatic heterocycles. The number of rotatable bonds is 11. The zero-order chi connectivity index (χ0) is 13.9. The SMILES string of the molecule is CCNC(C)(CCSCCCOC)C(=O)OCC. The Labute approximate surface area is 115 Å². The summed E-state index contributed by atoms with van der Waals surface area (Å²) in [4.78, 5) is 11.9. The lowest BCUT2D eigenvalue weighted by Gasteiger charge is -2.27. The second-order valence-electron chi connectivity index (χ2n) is 4.29. The molecular formula is C13H27NO3S. The van der Waals surface area contributed by atoms with Crippen LogP contribution in [0.2, 0.25) is 0 Å². The normalized spacial score (nSPS) is 14.2. The van der Waals surface area contributed by atoms with Crippen LogP contribution < -0.4 is 5.32 Å². The van der Waals surface area contributed by atoms with Gasteiger partial charge in [0.05, 0.1) is 6.61 Å². The van der Waals surface area contributed by atoms with Gasteiger partial charge >= 0.3 is 5.97 Å². The minimum Gasteiger partial charge on any atom is -0.465 e. The molecule has 0 aliphatic carbocycles. The van der Waals surface area contributed by atoms with E-state index >= 15 is 0 Å². The number of carbonyl (C=O) groups excluding carboxylic acids is 1. The fourth-order valence-corrected chi connectivity index (χ4v) is 2.71. The summed E-state index contributed by atoms with van der Waals surface area (Å²) in [6.45, 7) is 7.76. The van der Waals surface area contributed by atoms with Crippen LogP contribution in [0.1, 0.15) is 33.6 Å². The number of hydrogen-bond donors (Lipinski definition) is 1. The van der Waals surface area contributed by atoms with E-state index in [1.807, 2.05) is 32.5 Å². The zero-order valence-corrected chi connectivity index (χ0v) is 12.9. The van der Waals surface area contributed by atoms with Crippen LogP contribution in [0.3, 0.4) is 0 Å². The number of carbonyl (C=O) groups is 1. The first-order valence-corrected chi connectivity index (χ1v) is 7.75. The van der Waals surface area contributed by atoms with Crippen molar-refractivity contribution >= 4 is 17.7 Å². The third-order valence-electron chi connectivity index (χ3n) is 2.68. The van der Waals surface area contributed by atoms with Gasteiger partial charge in [-0.1, -0.05) is 6.92 Å². The number of methoxy groups -OCH3 is 1. The van der Waals surface area contributed by atoms with Gasteiger partial charge in [-0.05, 0) is 44.7 Å². The van der Waals surface area contributed by atoms with Crippen molar-refractivity contribution < 1.29 is 14.3 Å². The van der Waals surface area contributed by atoms with Crippen molar-refractivity contribution in [1.82, 2.24) is 5.32 Å². The third kappa shape index (κ3) is 7.24. The van der Waals surface area contributed by atoms with Crippen molar-refractivity contribution in [2.75, 3.05) is 38.4 Å². The molecule has 1 atom stereocenters. The van der Waals surface area contributed by atoms with E-state index < -0.39 is 5.54 Å². The Bertz CT molecular complexity index is 226. The average molecular weight is 277 g/mol. The molecule has 0 aliphatic rings. The first kappa shape index (κ1) is 17.7. The lowest BCUT2D eigenvalue weighted by Crippen LogP contribution is -2.50. The number of esters is 1. The van der Waals surface area contributed by atoms with Gasteiger partial charge in [-0.25, -0.2) is 0 Å². The van der Waals surface area contributed by atoms with Crippen LogP contribution in [0.4, 0.5) is 0 Å². The molecule has 0 saturated carbocycles. The molecule has 0 aromatic carbocycles. The molecule has 0 fully saturated rings. The van der Waals surface area contributed by atoms with Crippen molar-refractivity contribution in [3.8, 4) is 0 Å². The Morgan fingerprint density at radius 3 is 2.61 bits per heavy atom. The van der Waals surface area contributed by atoms with Gasteiger partial charge in [0.25, 0.3) is 0 Å². The lowest BCUT2D eigenvalue weighted by atomic mass is 9.99. The lowest BCUT2D eigenvalue weighted by molar-refractivity contribution is -0.150. The number of likely N-dealkylation sites (N-methyl/N-ethyl adjacent to an activating group) is 1. The fraction of sp³-hybridized carbons (Fsp3) is 0.923. The van der Waals surface area contributed by atoms with Gasteiger partial charge in [0.15, 0.2) is 0 Å². The molecule has 5 heteroatoms. The average Bonchev–Trinajstić information content (AvgIpc) is 2.34. The molecule has 0 saturated heterocycles. The summed E-state index contributed by atoms with van der Waals surface area (Å²) in [6.07, 6.45) is 1.84. The van der Waals surface area contributed by atoms with Gasteiger partial charge in [-0.15, -0.1) is 0 Å². The van der Waals surface area contributed by atoms with Gasteiger partial charge in [0.1, 0.15) is 5.54 Å². The Morgan fingerprint density at radius 1 is 1.33 bits per heavy atom. The summed E-state index contributed by atoms with van der Waals surface area (Å²) >= 11 is 1.85. The highest BCUT2D eigenvalue weighted by atomic mass is 32.2. The number of ether oxygens (including phenoxy) is 2. The number of nitrogens with one attached hydrogen (secondary N) is 1. The van der Waals surface area contributed by atoms with Crippen molar-refractivity contribution in [2.45, 2.75) is 39.2 Å². The summed E-state index contributed by atoms with van der Waals surface area (Å²) in [6, 6.07) is 0. The molecule has 0 radical (unpaired) electrons. The molecule has 1 unspecified atom stereocenters. The van der Waals surface area contributed by atoms with Crippen molar-refractivity contribution in [1.29, 1.82) is 0 Å². The predicted molar refractivity (Wildman–Crippen MR) is 77.1 cm³/mol. The summed E-state index contributed by atoms with van der Waals surface area (Å²) in [5.41, 5.74) is -0.557. The molecule has 108 valence electrons. The van der Waals surface area contributed by atoms with Crippen LogP contribution in [0, 0.1) is 0 Å². The Hall–Kier alpha value is -0.260. The highest BCUT2D eigenvalue weighted by Crippen LogP contribution is 2.17. The van der Waals surface area contributed by atoms with Gasteiger partial charge < -0.3 is 14.8 Å². The summed E-state index contributed by atoms with van der Waals surface area (Å²) in [7, 11) is 1.72. The van der Waals surface area contributed by atoms with E-state index in [-0.39, 0.29) is 5.97 Å². The molecule has 0 spiro atoms. The second kappa shape index (κ2) is 10.6. The molecule has 18 heavy (non-hydrogen) atoms. The molecule has 0 aromatic heterocycles. The van der Waals surface area contributed by atoms with Crippen LogP contribution in [0.25, 0.3) is 0 Å². The maximum Gasteiger partial charge on any atom is 0.326 e. The van der Waals surface area contributed by atoms with Crippen LogP contribution in [0.5, 0.6) is 0 Å². The Balaban J connectivity index is 3.98. The standard InChI is InChI=1S/C13H27NO3S/c1-5-14-13(3,12(15)17-6-2)8-11-18-10-7-9-16-4/h14H,5-11H2,1-4H3. The minimum atomic E-state index is -0.557. The summed E-state index contributed by atoms with van der Waals surface area (Å²) in [5, 5.41) is 3.23. The van der Waals surface area contributed by atoms with Gasteiger partial charge in [0, 0.05) is 13.7 Å². The molecule has 0 rings (SSSR count). The smallest absolute Gasteiger partial charge is 0.326 e. The molecule has 0 bridgehead atoms. The second-order valence-corrected chi connectivity index (χ2v) is 5.52. The van der Waals surface area contributed by atoms with E-state index in [1.54, 1.807) is 7.11 Å². The van der Waals surface area contributed by atoms with Gasteiger partial charge in [0.2, 0.25) is 0 Å². The summed E-state index contributed by atoms with van der Waals surface area (Å²) < 4.78 is 10.1. The van der Waals surface area contributed by atoms with Crippen LogP contribution >= 0.6 is 11.8 Å². The first-order chi connectivity index (χ1) is 8.60. The Morgan fingerprint density at radius 2 is 2.06 bits per heavy atom. The number of hydrogen-bond acceptors (Lipinski definition) is 5. The maximum atomic E-state index is 11.9. The van der Waals surface area contributed by atoms with E-state index in [0.29, 0.717) is 6.61 Å². The van der Waals surface area contributed by atoms with Crippen molar-refractivity contribution in [3.05, 3.63) is 0 Å². The molecule has 0 heterocycles. The first-order valence-electron chi connectivity index (χ1n) is 6.59. The Kier molecular flexibility index (Phi) is 10.5. The number of thioether (sulfide) groups is 1. The predicted octanol–water partition coefficient (Wildman–Crippen LogP) is 2.08. The van der Waals surface area contributed by atoms with E-state index in [4.69, 9.17) is 9.47 Å². The zero-order valence-electron chi connectivity index (χ0n) is 12.1. The highest BCUT2D eigenvalue weighted by Gasteiger charge is 2.33. The largest absolute Gasteiger partial charge is 0.465 e. The minimum absolute atomic E-state index is 0.149. The van der Waals surface area contributed by atoms with Crippen molar-refractivity contribution in [2.24, 2.45) is 0 Å². The van der Waals surface area contributed by atoms with Crippen molar-refractivity contribution in [3.63, 3.8) is 0 Å². The molecule has 1 N–H and O–H groups in total. The summed E-state index contributed by atoms with van der Waals surface area (Å²) in [5.74, 6) is 1.87. The van der Waals surface area contributed by atoms with Crippen LogP contribution in [-0.4, -0.2) is 49.9 Å². The van der Waals surface area contributed by atoms with Crippen LogP contribution in [0.15, 0.2) is 0 Å². The maximum absolute atomic E-state index is 11.9. The van der Waals surface area contributed by atoms with E-state index in [0.717, 1.165) is 37.5 Å². The monoisotopic (exact) mass is 277 g/mol. The molecule has 0 amide bonds. The molecule has 4 nitrogen and oxygen atoms in total. The van der Waals surface area contributed by atoms with Gasteiger partial charge in [-0.2, -0.15) is 11.8 Å². The van der Waals surface area contributed by atoms with E-state index in [9.17, 15) is 4.79 Å². The quantitative estimate of drug-likeness (QED) is 0.463. The van der Waals surface area contributed by atoms with E-state index in [2.05, 4.69) is 5.32 Å². The highest BCUT2D eigenvalue weighted by molar-refractivity contribution is 7.99. The fourth-order valence-electron chi connectivity index (χ4n) is 1.63. The topological polar surface area (TPSA) is 47.6 Å². The molecular weight excluding hydrogens is 250 g/mol. The van der Waals surface area contributed by atoms with Gasteiger partial charge in [-0.3, -0.25) is 4.79 Å². The third-order valence-corrected chi connectivity index (χ3v) is 3.75.